The maximum absolute atomic E-state index is 13.2. The van der Waals surface area contributed by atoms with Crippen LogP contribution in [0.2, 0.25) is 5.02 Å². The Kier molecular flexibility index (Phi) is 5.83. The summed E-state index contributed by atoms with van der Waals surface area (Å²) in [7, 11) is 0. The zero-order chi connectivity index (χ0) is 17.8. The predicted octanol–water partition coefficient (Wildman–Crippen LogP) is 5.33. The number of alkyl halides is 5. The van der Waals surface area contributed by atoms with E-state index < -0.39 is 17.7 Å². The lowest BCUT2D eigenvalue weighted by atomic mass is 10.1. The van der Waals surface area contributed by atoms with Gasteiger partial charge in [0.05, 0.1) is 0 Å². The Morgan fingerprint density at radius 1 is 0.792 bits per heavy atom. The van der Waals surface area contributed by atoms with Crippen LogP contribution in [-0.4, -0.2) is 12.7 Å². The summed E-state index contributed by atoms with van der Waals surface area (Å²) >= 11 is 5.79. The first-order valence-electron chi connectivity index (χ1n) is 7.19. The van der Waals surface area contributed by atoms with Gasteiger partial charge in [-0.3, -0.25) is 0 Å². The molecule has 0 fully saturated rings. The summed E-state index contributed by atoms with van der Waals surface area (Å²) in [6, 6.07) is 11.5. The Labute approximate surface area is 141 Å². The molecule has 0 aliphatic rings. The van der Waals surface area contributed by atoms with Crippen molar-refractivity contribution in [2.24, 2.45) is 0 Å². The van der Waals surface area contributed by atoms with Crippen molar-refractivity contribution in [2.45, 2.75) is 25.1 Å². The molecule has 0 aromatic heterocycles. The number of benzene rings is 2. The Hall–Kier alpha value is -1.66. The molecule has 1 N–H and O–H groups in total. The topological polar surface area (TPSA) is 12.0 Å². The largest absolute Gasteiger partial charge is 0.458 e. The zero-order valence-corrected chi connectivity index (χ0v) is 13.3. The van der Waals surface area contributed by atoms with Gasteiger partial charge in [0, 0.05) is 17.1 Å². The van der Waals surface area contributed by atoms with Gasteiger partial charge in [-0.2, -0.15) is 22.0 Å². The molecule has 1 nitrogen and oxygen atoms in total. The average molecular weight is 364 g/mol. The zero-order valence-electron chi connectivity index (χ0n) is 12.5. The Balaban J connectivity index is 1.85. The Morgan fingerprint density at radius 3 is 1.88 bits per heavy atom. The second kappa shape index (κ2) is 7.49. The van der Waals surface area contributed by atoms with Gasteiger partial charge in [-0.25, -0.2) is 0 Å². The summed E-state index contributed by atoms with van der Waals surface area (Å²) in [6.07, 6.45) is -4.84. The monoisotopic (exact) mass is 363 g/mol. The summed E-state index contributed by atoms with van der Waals surface area (Å²) in [5.74, 6) is -4.84. The van der Waals surface area contributed by atoms with E-state index in [4.69, 9.17) is 11.6 Å². The number of hydrogen-bond donors (Lipinski definition) is 1. The highest BCUT2D eigenvalue weighted by molar-refractivity contribution is 6.30. The van der Waals surface area contributed by atoms with Gasteiger partial charge in [-0.15, -0.1) is 0 Å². The predicted molar refractivity (Wildman–Crippen MR) is 83.3 cm³/mol. The number of nitrogens with one attached hydrogen (secondary N) is 1. The fourth-order valence-electron chi connectivity index (χ4n) is 2.11. The SMILES string of the molecule is FC(F)(F)C(F)(F)c1ccc(CNCCc2ccc(Cl)cc2)cc1. The fraction of sp³-hybridized carbons (Fsp3) is 0.294. The summed E-state index contributed by atoms with van der Waals surface area (Å²) in [6.45, 7) is 1.02. The van der Waals surface area contributed by atoms with Crippen LogP contribution in [-0.2, 0) is 18.9 Å². The summed E-state index contributed by atoms with van der Waals surface area (Å²) < 4.78 is 63.2. The van der Waals surface area contributed by atoms with E-state index in [2.05, 4.69) is 5.32 Å². The lowest BCUT2D eigenvalue weighted by molar-refractivity contribution is -0.289. The van der Waals surface area contributed by atoms with Crippen LogP contribution in [0.15, 0.2) is 48.5 Å². The first-order chi connectivity index (χ1) is 11.2. The van der Waals surface area contributed by atoms with Crippen molar-refractivity contribution in [2.75, 3.05) is 6.54 Å². The van der Waals surface area contributed by atoms with Gasteiger partial charge < -0.3 is 5.32 Å². The van der Waals surface area contributed by atoms with Crippen LogP contribution in [0, 0.1) is 0 Å². The second-order valence-electron chi connectivity index (χ2n) is 5.32. The third-order valence-corrected chi connectivity index (χ3v) is 3.76. The molecule has 0 spiro atoms. The first kappa shape index (κ1) is 18.7. The highest BCUT2D eigenvalue weighted by Crippen LogP contribution is 2.43. The van der Waals surface area contributed by atoms with E-state index >= 15 is 0 Å². The van der Waals surface area contributed by atoms with E-state index in [1.807, 2.05) is 12.1 Å². The highest BCUT2D eigenvalue weighted by atomic mass is 35.5. The molecule has 0 saturated heterocycles. The molecule has 0 saturated carbocycles. The maximum atomic E-state index is 13.2. The van der Waals surface area contributed by atoms with Crippen molar-refractivity contribution in [1.29, 1.82) is 0 Å². The second-order valence-corrected chi connectivity index (χ2v) is 5.76. The smallest absolute Gasteiger partial charge is 0.312 e. The molecule has 2 aromatic rings. The molecule has 2 aromatic carbocycles. The van der Waals surface area contributed by atoms with Crippen molar-refractivity contribution in [3.05, 3.63) is 70.2 Å². The summed E-state index contributed by atoms with van der Waals surface area (Å²) in [4.78, 5) is 0. The lowest BCUT2D eigenvalue weighted by Crippen LogP contribution is -2.33. The van der Waals surface area contributed by atoms with Crippen LogP contribution >= 0.6 is 11.6 Å². The molecule has 7 heteroatoms. The molecular weight excluding hydrogens is 349 g/mol. The fourth-order valence-corrected chi connectivity index (χ4v) is 2.24. The third kappa shape index (κ3) is 4.68. The molecule has 130 valence electrons. The minimum absolute atomic E-state index is 0.380. The molecular formula is C17H15ClF5N. The van der Waals surface area contributed by atoms with Gasteiger partial charge in [0.2, 0.25) is 0 Å². The average Bonchev–Trinajstić information content (AvgIpc) is 2.52. The molecule has 24 heavy (non-hydrogen) atoms. The maximum Gasteiger partial charge on any atom is 0.458 e. The first-order valence-corrected chi connectivity index (χ1v) is 7.57. The number of hydrogen-bond acceptors (Lipinski definition) is 1. The molecule has 0 aliphatic heterocycles. The van der Waals surface area contributed by atoms with E-state index in [1.54, 1.807) is 12.1 Å². The van der Waals surface area contributed by atoms with E-state index in [1.165, 1.54) is 12.1 Å². The van der Waals surface area contributed by atoms with Crippen LogP contribution in [0.4, 0.5) is 22.0 Å². The van der Waals surface area contributed by atoms with Gasteiger partial charge in [0.25, 0.3) is 0 Å². The molecule has 0 bridgehead atoms. The highest BCUT2D eigenvalue weighted by Gasteiger charge is 2.58. The van der Waals surface area contributed by atoms with Crippen LogP contribution < -0.4 is 5.32 Å². The normalized spacial score (nSPS) is 12.4. The van der Waals surface area contributed by atoms with Gasteiger partial charge in [0.15, 0.2) is 0 Å². The van der Waals surface area contributed by atoms with Crippen molar-refractivity contribution in [3.63, 3.8) is 0 Å². The lowest BCUT2D eigenvalue weighted by Gasteiger charge is -2.20. The Bertz CT molecular complexity index is 650. The minimum atomic E-state index is -5.59. The van der Waals surface area contributed by atoms with Gasteiger partial charge >= 0.3 is 12.1 Å². The van der Waals surface area contributed by atoms with Crippen molar-refractivity contribution < 1.29 is 22.0 Å². The molecule has 0 radical (unpaired) electrons. The molecule has 2 rings (SSSR count). The standard InChI is InChI=1S/C17H15ClF5N/c18-15-7-3-12(4-8-15)9-10-24-11-13-1-5-14(6-2-13)16(19,20)17(21,22)23/h1-8,24H,9-11H2. The third-order valence-electron chi connectivity index (χ3n) is 3.51. The van der Waals surface area contributed by atoms with Crippen LogP contribution in [0.1, 0.15) is 16.7 Å². The minimum Gasteiger partial charge on any atom is -0.312 e. The van der Waals surface area contributed by atoms with Crippen LogP contribution in [0.25, 0.3) is 0 Å². The molecule has 0 aliphatic carbocycles. The van der Waals surface area contributed by atoms with Gasteiger partial charge in [-0.1, -0.05) is 48.0 Å². The van der Waals surface area contributed by atoms with E-state index in [-0.39, 0.29) is 0 Å². The molecule has 0 amide bonds. The van der Waals surface area contributed by atoms with Crippen LogP contribution in [0.3, 0.4) is 0 Å². The summed E-state index contributed by atoms with van der Waals surface area (Å²) in [5.41, 5.74) is 0.666. The number of halogens is 6. The van der Waals surface area contributed by atoms with Gasteiger partial charge in [-0.05, 0) is 36.2 Å². The number of rotatable bonds is 6. The van der Waals surface area contributed by atoms with Crippen molar-refractivity contribution in [1.82, 2.24) is 5.32 Å². The Morgan fingerprint density at radius 2 is 1.33 bits per heavy atom. The van der Waals surface area contributed by atoms with Crippen molar-refractivity contribution in [3.8, 4) is 0 Å². The van der Waals surface area contributed by atoms with E-state index in [9.17, 15) is 22.0 Å². The molecule has 0 heterocycles. The quantitative estimate of drug-likeness (QED) is 0.540. The molecule has 0 unspecified atom stereocenters. The van der Waals surface area contributed by atoms with E-state index in [0.717, 1.165) is 24.1 Å². The van der Waals surface area contributed by atoms with Gasteiger partial charge in [0.1, 0.15) is 0 Å². The van der Waals surface area contributed by atoms with Crippen molar-refractivity contribution >= 4 is 11.6 Å². The van der Waals surface area contributed by atoms with E-state index in [0.29, 0.717) is 23.7 Å². The molecule has 0 atom stereocenters. The van der Waals surface area contributed by atoms with Crippen LogP contribution in [0.5, 0.6) is 0 Å². The summed E-state index contributed by atoms with van der Waals surface area (Å²) in [5, 5.41) is 3.77.